The highest BCUT2D eigenvalue weighted by Crippen LogP contribution is 2.35. The zero-order chi connectivity index (χ0) is 15.0. The zero-order valence-electron chi connectivity index (χ0n) is 11.5. The summed E-state index contributed by atoms with van der Waals surface area (Å²) in [5.41, 5.74) is 0.437. The van der Waals surface area contributed by atoms with Gasteiger partial charge in [-0.05, 0) is 24.4 Å². The average molecular weight is 316 g/mol. The second-order valence-electron chi connectivity index (χ2n) is 5.71. The number of carbonyl (C=O) groups is 1. The molecule has 1 aromatic heterocycles. The highest BCUT2D eigenvalue weighted by Gasteiger charge is 2.45. The molecule has 2 heterocycles. The van der Waals surface area contributed by atoms with E-state index in [1.807, 2.05) is 0 Å². The third kappa shape index (κ3) is 2.86. The molecule has 1 aliphatic carbocycles. The van der Waals surface area contributed by atoms with Crippen molar-refractivity contribution in [1.82, 2.24) is 9.97 Å². The van der Waals surface area contributed by atoms with Crippen LogP contribution in [0.15, 0.2) is 6.20 Å². The summed E-state index contributed by atoms with van der Waals surface area (Å²) in [5.74, 6) is -4.04. The lowest BCUT2D eigenvalue weighted by Crippen LogP contribution is -2.46. The number of halogens is 3. The Bertz CT molecular complexity index is 561. The largest absolute Gasteiger partial charge is 0.347 e. The fourth-order valence-electron chi connectivity index (χ4n) is 3.12. The minimum absolute atomic E-state index is 0.0137. The lowest BCUT2D eigenvalue weighted by Gasteiger charge is -2.36. The topological polar surface area (TPSA) is 46.1 Å². The van der Waals surface area contributed by atoms with Gasteiger partial charge < -0.3 is 4.90 Å². The number of carbonyl (C=O) groups excluding carboxylic acids is 1. The van der Waals surface area contributed by atoms with Crippen molar-refractivity contribution in [2.45, 2.75) is 50.5 Å². The van der Waals surface area contributed by atoms with Gasteiger partial charge in [-0.15, -0.1) is 0 Å². The Hall–Kier alpha value is -1.30. The molecule has 3 rings (SSSR count). The normalized spacial score (nSPS) is 22.8. The Balaban J connectivity index is 2.03. The van der Waals surface area contributed by atoms with Gasteiger partial charge in [0.25, 0.3) is 0 Å². The van der Waals surface area contributed by atoms with Crippen LogP contribution in [-0.2, 0) is 11.2 Å². The molecule has 0 N–H and O–H groups in total. The Morgan fingerprint density at radius 1 is 1.29 bits per heavy atom. The number of rotatable bonds is 1. The van der Waals surface area contributed by atoms with Crippen LogP contribution in [0, 0.1) is 0 Å². The number of hydrogen-bond donors (Lipinski definition) is 0. The summed E-state index contributed by atoms with van der Waals surface area (Å²) in [5, 5.41) is 0.0206. The molecule has 1 aromatic rings. The molecule has 2 aliphatic rings. The molecule has 0 amide bonds. The SMILES string of the molecule is O=C1Cc2cnc(Cl)nc2N(C2CCCCC2)CC1(F)F. The molecule has 0 radical (unpaired) electrons. The fraction of sp³-hybridized carbons (Fsp3) is 0.643. The molecule has 0 unspecified atom stereocenters. The monoisotopic (exact) mass is 315 g/mol. The van der Waals surface area contributed by atoms with Crippen molar-refractivity contribution in [3.05, 3.63) is 17.0 Å². The summed E-state index contributed by atoms with van der Waals surface area (Å²) in [4.78, 5) is 21.3. The van der Waals surface area contributed by atoms with Crippen molar-refractivity contribution >= 4 is 23.2 Å². The van der Waals surface area contributed by atoms with E-state index < -0.39 is 18.3 Å². The Morgan fingerprint density at radius 2 is 2.00 bits per heavy atom. The first kappa shape index (κ1) is 14.6. The van der Waals surface area contributed by atoms with Crippen LogP contribution < -0.4 is 4.90 Å². The van der Waals surface area contributed by atoms with E-state index in [0.717, 1.165) is 32.1 Å². The molecule has 0 saturated heterocycles. The maximum Gasteiger partial charge on any atom is 0.322 e. The van der Waals surface area contributed by atoms with Crippen molar-refractivity contribution in [1.29, 1.82) is 0 Å². The Labute approximate surface area is 126 Å². The zero-order valence-corrected chi connectivity index (χ0v) is 12.2. The summed E-state index contributed by atoms with van der Waals surface area (Å²) in [6, 6.07) is -0.0137. The average Bonchev–Trinajstić information content (AvgIpc) is 2.56. The first-order chi connectivity index (χ1) is 9.97. The van der Waals surface area contributed by atoms with Crippen LogP contribution in [0.25, 0.3) is 0 Å². The fourth-order valence-corrected chi connectivity index (χ4v) is 3.25. The summed E-state index contributed by atoms with van der Waals surface area (Å²) in [6.07, 6.45) is 5.86. The van der Waals surface area contributed by atoms with Crippen molar-refractivity contribution in [3.63, 3.8) is 0 Å². The molecule has 114 valence electrons. The van der Waals surface area contributed by atoms with Crippen LogP contribution in [0.4, 0.5) is 14.6 Å². The molecular formula is C14H16ClF2N3O. The van der Waals surface area contributed by atoms with E-state index in [1.54, 1.807) is 4.90 Å². The molecule has 0 bridgehead atoms. The number of hydrogen-bond acceptors (Lipinski definition) is 4. The predicted octanol–water partition coefficient (Wildman–Crippen LogP) is 3.03. The number of Topliss-reactive ketones (excluding diaryl/α,β-unsaturated/α-hetero) is 1. The van der Waals surface area contributed by atoms with Gasteiger partial charge in [0.1, 0.15) is 5.82 Å². The minimum atomic E-state index is -3.36. The van der Waals surface area contributed by atoms with E-state index in [1.165, 1.54) is 6.20 Å². The van der Waals surface area contributed by atoms with E-state index in [2.05, 4.69) is 9.97 Å². The number of alkyl halides is 2. The molecule has 0 aromatic carbocycles. The lowest BCUT2D eigenvalue weighted by atomic mass is 9.94. The number of aromatic nitrogens is 2. The molecule has 0 atom stereocenters. The van der Waals surface area contributed by atoms with E-state index in [-0.39, 0.29) is 17.7 Å². The van der Waals surface area contributed by atoms with Crippen molar-refractivity contribution < 1.29 is 13.6 Å². The van der Waals surface area contributed by atoms with Crippen molar-refractivity contribution in [2.24, 2.45) is 0 Å². The second kappa shape index (κ2) is 5.48. The van der Waals surface area contributed by atoms with Gasteiger partial charge in [0.05, 0.1) is 6.54 Å². The summed E-state index contributed by atoms with van der Waals surface area (Å²) >= 11 is 5.82. The van der Waals surface area contributed by atoms with Crippen LogP contribution in [-0.4, -0.2) is 34.3 Å². The van der Waals surface area contributed by atoms with Gasteiger partial charge in [-0.1, -0.05) is 19.3 Å². The maximum absolute atomic E-state index is 14.1. The van der Waals surface area contributed by atoms with E-state index in [4.69, 9.17) is 11.6 Å². The highest BCUT2D eigenvalue weighted by atomic mass is 35.5. The van der Waals surface area contributed by atoms with E-state index in [9.17, 15) is 13.6 Å². The molecule has 1 fully saturated rings. The molecule has 1 saturated carbocycles. The van der Waals surface area contributed by atoms with Crippen LogP contribution in [0.2, 0.25) is 5.28 Å². The van der Waals surface area contributed by atoms with Gasteiger partial charge >= 0.3 is 5.92 Å². The summed E-state index contributed by atoms with van der Waals surface area (Å²) in [7, 11) is 0. The van der Waals surface area contributed by atoms with Crippen LogP contribution in [0.5, 0.6) is 0 Å². The number of nitrogens with zero attached hydrogens (tertiary/aromatic N) is 3. The van der Waals surface area contributed by atoms with Gasteiger partial charge in [-0.25, -0.2) is 9.97 Å². The smallest absolute Gasteiger partial charge is 0.322 e. The van der Waals surface area contributed by atoms with E-state index >= 15 is 0 Å². The minimum Gasteiger partial charge on any atom is -0.347 e. The lowest BCUT2D eigenvalue weighted by molar-refractivity contribution is -0.140. The number of ketones is 1. The molecule has 1 aliphatic heterocycles. The Kier molecular flexibility index (Phi) is 3.82. The predicted molar refractivity (Wildman–Crippen MR) is 74.9 cm³/mol. The van der Waals surface area contributed by atoms with Crippen molar-refractivity contribution in [3.8, 4) is 0 Å². The molecule has 21 heavy (non-hydrogen) atoms. The quantitative estimate of drug-likeness (QED) is 0.747. The molecule has 0 spiro atoms. The van der Waals surface area contributed by atoms with Gasteiger partial charge in [0, 0.05) is 24.2 Å². The third-order valence-electron chi connectivity index (χ3n) is 4.23. The molecule has 4 nitrogen and oxygen atoms in total. The second-order valence-corrected chi connectivity index (χ2v) is 6.05. The first-order valence-corrected chi connectivity index (χ1v) is 7.54. The van der Waals surface area contributed by atoms with E-state index in [0.29, 0.717) is 11.4 Å². The van der Waals surface area contributed by atoms with Gasteiger partial charge in [0.2, 0.25) is 11.1 Å². The standard InChI is InChI=1S/C14H16ClF2N3O/c15-13-18-7-9-6-11(21)14(16,17)8-20(12(9)19-13)10-4-2-1-3-5-10/h7,10H,1-6,8H2. The maximum atomic E-state index is 14.1. The van der Waals surface area contributed by atoms with Gasteiger partial charge in [-0.3, -0.25) is 4.79 Å². The highest BCUT2D eigenvalue weighted by molar-refractivity contribution is 6.28. The molecule has 7 heteroatoms. The van der Waals surface area contributed by atoms with Crippen molar-refractivity contribution in [2.75, 3.05) is 11.4 Å². The third-order valence-corrected chi connectivity index (χ3v) is 4.41. The summed E-state index contributed by atoms with van der Waals surface area (Å²) in [6.45, 7) is -0.614. The van der Waals surface area contributed by atoms with Gasteiger partial charge in [0.15, 0.2) is 0 Å². The van der Waals surface area contributed by atoms with Crippen LogP contribution in [0.3, 0.4) is 0 Å². The summed E-state index contributed by atoms with van der Waals surface area (Å²) < 4.78 is 28.1. The van der Waals surface area contributed by atoms with Crippen LogP contribution >= 0.6 is 11.6 Å². The number of fused-ring (bicyclic) bond motifs is 1. The Morgan fingerprint density at radius 3 is 2.71 bits per heavy atom. The molecular weight excluding hydrogens is 300 g/mol. The van der Waals surface area contributed by atoms with Crippen LogP contribution in [0.1, 0.15) is 37.7 Å². The number of anilines is 1. The first-order valence-electron chi connectivity index (χ1n) is 7.16. The van der Waals surface area contributed by atoms with Gasteiger partial charge in [-0.2, -0.15) is 8.78 Å².